The molecular formula is C20H23N3O3. The van der Waals surface area contributed by atoms with Crippen molar-refractivity contribution in [3.8, 4) is 11.8 Å². The molecule has 1 heterocycles. The van der Waals surface area contributed by atoms with Gasteiger partial charge in [0, 0.05) is 30.7 Å². The average molecular weight is 353 g/mol. The third-order valence-electron chi connectivity index (χ3n) is 4.20. The summed E-state index contributed by atoms with van der Waals surface area (Å²) in [5.74, 6) is -0.879. The number of carbonyl (C=O) groups is 2. The number of esters is 1. The van der Waals surface area contributed by atoms with Gasteiger partial charge in [-0.25, -0.2) is 4.79 Å². The van der Waals surface area contributed by atoms with E-state index >= 15 is 0 Å². The SMILES string of the molecule is Cc1ccc(C)n1-c1ccc(C(=O)O[C@@H](C)C(=O)N(C)CCC#N)cc1. The van der Waals surface area contributed by atoms with Crippen LogP contribution in [0.15, 0.2) is 36.4 Å². The third kappa shape index (κ3) is 4.31. The standard InChI is InChI=1S/C20H23N3O3/c1-14-6-7-15(2)23(14)18-10-8-17(9-11-18)20(25)26-16(3)19(24)22(4)13-5-12-21/h6-11,16H,5,13H2,1-4H3/t16-/m0/s1. The van der Waals surface area contributed by atoms with Gasteiger partial charge in [0.15, 0.2) is 6.10 Å². The van der Waals surface area contributed by atoms with E-state index in [4.69, 9.17) is 10.00 Å². The van der Waals surface area contributed by atoms with Gasteiger partial charge in [-0.3, -0.25) is 4.79 Å². The van der Waals surface area contributed by atoms with Gasteiger partial charge in [0.25, 0.3) is 5.91 Å². The van der Waals surface area contributed by atoms with Gasteiger partial charge >= 0.3 is 5.97 Å². The van der Waals surface area contributed by atoms with Crippen molar-refractivity contribution in [1.29, 1.82) is 5.26 Å². The predicted octanol–water partition coefficient (Wildman–Crippen LogP) is 3.01. The van der Waals surface area contributed by atoms with Gasteiger partial charge in [-0.15, -0.1) is 0 Å². The zero-order valence-corrected chi connectivity index (χ0v) is 15.5. The average Bonchev–Trinajstić information content (AvgIpc) is 2.97. The van der Waals surface area contributed by atoms with Gasteiger partial charge in [0.05, 0.1) is 18.1 Å². The monoisotopic (exact) mass is 353 g/mol. The lowest BCUT2D eigenvalue weighted by Crippen LogP contribution is -2.37. The molecule has 6 heteroatoms. The zero-order valence-electron chi connectivity index (χ0n) is 15.5. The molecule has 0 radical (unpaired) electrons. The van der Waals surface area contributed by atoms with Crippen molar-refractivity contribution >= 4 is 11.9 Å². The number of hydrogen-bond acceptors (Lipinski definition) is 4. The number of nitrogens with zero attached hydrogens (tertiary/aromatic N) is 3. The number of aryl methyl sites for hydroxylation is 2. The molecule has 0 saturated heterocycles. The molecule has 2 rings (SSSR count). The number of benzene rings is 1. The summed E-state index contributed by atoms with van der Waals surface area (Å²) in [6.07, 6.45) is -0.664. The number of nitriles is 1. The Morgan fingerprint density at radius 2 is 1.73 bits per heavy atom. The van der Waals surface area contributed by atoms with Crippen molar-refractivity contribution in [3.63, 3.8) is 0 Å². The molecule has 2 aromatic rings. The van der Waals surface area contributed by atoms with E-state index in [0.717, 1.165) is 17.1 Å². The van der Waals surface area contributed by atoms with Crippen LogP contribution in [0.5, 0.6) is 0 Å². The molecule has 0 unspecified atom stereocenters. The van der Waals surface area contributed by atoms with Gasteiger partial charge in [-0.2, -0.15) is 5.26 Å². The smallest absolute Gasteiger partial charge is 0.338 e. The number of hydrogen-bond donors (Lipinski definition) is 0. The third-order valence-corrected chi connectivity index (χ3v) is 4.20. The number of aromatic nitrogens is 1. The maximum absolute atomic E-state index is 12.3. The largest absolute Gasteiger partial charge is 0.449 e. The summed E-state index contributed by atoms with van der Waals surface area (Å²) in [6.45, 7) is 5.88. The van der Waals surface area contributed by atoms with Crippen LogP contribution in [0.25, 0.3) is 5.69 Å². The second-order valence-electron chi connectivity index (χ2n) is 6.21. The molecule has 136 valence electrons. The molecule has 0 bridgehead atoms. The molecule has 1 amide bonds. The van der Waals surface area contributed by atoms with E-state index in [1.165, 1.54) is 11.8 Å². The van der Waals surface area contributed by atoms with Crippen LogP contribution >= 0.6 is 0 Å². The highest BCUT2D eigenvalue weighted by molar-refractivity contribution is 5.92. The molecule has 1 atom stereocenters. The quantitative estimate of drug-likeness (QED) is 0.748. The molecule has 1 aromatic heterocycles. The van der Waals surface area contributed by atoms with Crippen molar-refractivity contribution in [2.24, 2.45) is 0 Å². The maximum atomic E-state index is 12.3. The van der Waals surface area contributed by atoms with E-state index in [0.29, 0.717) is 12.1 Å². The molecule has 0 aliphatic heterocycles. The molecule has 6 nitrogen and oxygen atoms in total. The van der Waals surface area contributed by atoms with Crippen molar-refractivity contribution in [2.45, 2.75) is 33.3 Å². The summed E-state index contributed by atoms with van der Waals surface area (Å²) >= 11 is 0. The summed E-state index contributed by atoms with van der Waals surface area (Å²) in [5.41, 5.74) is 3.56. The number of rotatable bonds is 6. The van der Waals surface area contributed by atoms with Crippen LogP contribution in [0, 0.1) is 25.2 Å². The van der Waals surface area contributed by atoms with Gasteiger partial charge < -0.3 is 14.2 Å². The second kappa shape index (κ2) is 8.34. The highest BCUT2D eigenvalue weighted by atomic mass is 16.5. The Hall–Kier alpha value is -3.07. The summed E-state index contributed by atoms with van der Waals surface area (Å²) in [6, 6.07) is 13.1. The highest BCUT2D eigenvalue weighted by Crippen LogP contribution is 2.17. The van der Waals surface area contributed by atoms with Crippen molar-refractivity contribution < 1.29 is 14.3 Å². The Balaban J connectivity index is 2.04. The first-order valence-electron chi connectivity index (χ1n) is 8.43. The van der Waals surface area contributed by atoms with Crippen molar-refractivity contribution in [3.05, 3.63) is 53.3 Å². The summed E-state index contributed by atoms with van der Waals surface area (Å²) < 4.78 is 7.35. The second-order valence-corrected chi connectivity index (χ2v) is 6.21. The minimum atomic E-state index is -0.903. The minimum Gasteiger partial charge on any atom is -0.449 e. The topological polar surface area (TPSA) is 75.3 Å². The van der Waals surface area contributed by atoms with E-state index < -0.39 is 12.1 Å². The lowest BCUT2D eigenvalue weighted by Gasteiger charge is -2.20. The van der Waals surface area contributed by atoms with E-state index in [1.807, 2.05) is 44.2 Å². The number of likely N-dealkylation sites (N-methyl/N-ethyl adjacent to an activating group) is 1. The maximum Gasteiger partial charge on any atom is 0.338 e. The normalized spacial score (nSPS) is 11.5. The fraction of sp³-hybridized carbons (Fsp3) is 0.350. The number of ether oxygens (including phenoxy) is 1. The number of amides is 1. The first-order valence-corrected chi connectivity index (χ1v) is 8.43. The van der Waals surface area contributed by atoms with Crippen LogP contribution in [-0.2, 0) is 9.53 Å². The van der Waals surface area contributed by atoms with Gasteiger partial charge in [-0.1, -0.05) is 0 Å². The summed E-state index contributed by atoms with van der Waals surface area (Å²) in [7, 11) is 1.58. The van der Waals surface area contributed by atoms with Crippen molar-refractivity contribution in [2.75, 3.05) is 13.6 Å². The predicted molar refractivity (Wildman–Crippen MR) is 98.0 cm³/mol. The van der Waals surface area contributed by atoms with Crippen LogP contribution < -0.4 is 0 Å². The van der Waals surface area contributed by atoms with E-state index in [9.17, 15) is 9.59 Å². The molecule has 0 saturated carbocycles. The first-order chi connectivity index (χ1) is 12.3. The Morgan fingerprint density at radius 1 is 1.15 bits per heavy atom. The van der Waals surface area contributed by atoms with Crippen LogP contribution in [0.3, 0.4) is 0 Å². The molecule has 1 aromatic carbocycles. The van der Waals surface area contributed by atoms with E-state index in [1.54, 1.807) is 19.2 Å². The van der Waals surface area contributed by atoms with Gasteiger partial charge in [0.2, 0.25) is 0 Å². The molecule has 0 spiro atoms. The first kappa shape index (κ1) is 19.3. The van der Waals surface area contributed by atoms with Crippen molar-refractivity contribution in [1.82, 2.24) is 9.47 Å². The summed E-state index contributed by atoms with van der Waals surface area (Å²) in [5, 5.41) is 8.58. The molecule has 0 fully saturated rings. The Bertz CT molecular complexity index is 811. The Kier molecular flexibility index (Phi) is 6.18. The van der Waals surface area contributed by atoms with Gasteiger partial charge in [0.1, 0.15) is 0 Å². The minimum absolute atomic E-state index is 0.239. The van der Waals surface area contributed by atoms with Gasteiger partial charge in [-0.05, 0) is 57.2 Å². The van der Waals surface area contributed by atoms with E-state index in [-0.39, 0.29) is 12.3 Å². The number of carbonyl (C=O) groups excluding carboxylic acids is 2. The molecule has 26 heavy (non-hydrogen) atoms. The lowest BCUT2D eigenvalue weighted by atomic mass is 10.2. The molecule has 0 aliphatic carbocycles. The molecular weight excluding hydrogens is 330 g/mol. The fourth-order valence-electron chi connectivity index (χ4n) is 2.74. The van der Waals surface area contributed by atoms with Crippen LogP contribution in [-0.4, -0.2) is 41.0 Å². The van der Waals surface area contributed by atoms with Crippen LogP contribution in [0.1, 0.15) is 35.1 Å². The Labute approximate surface area is 153 Å². The molecule has 0 N–H and O–H groups in total. The fourth-order valence-corrected chi connectivity index (χ4v) is 2.74. The highest BCUT2D eigenvalue weighted by Gasteiger charge is 2.22. The summed E-state index contributed by atoms with van der Waals surface area (Å²) in [4.78, 5) is 25.8. The Morgan fingerprint density at radius 3 is 2.27 bits per heavy atom. The lowest BCUT2D eigenvalue weighted by molar-refractivity contribution is -0.138. The van der Waals surface area contributed by atoms with Crippen LogP contribution in [0.2, 0.25) is 0 Å². The zero-order chi connectivity index (χ0) is 19.3. The molecule has 0 aliphatic rings. The van der Waals surface area contributed by atoms with E-state index in [2.05, 4.69) is 4.57 Å². The van der Waals surface area contributed by atoms with Crippen LogP contribution in [0.4, 0.5) is 0 Å².